The van der Waals surface area contributed by atoms with E-state index in [9.17, 15) is 30.7 Å². The van der Waals surface area contributed by atoms with E-state index in [1.807, 2.05) is 0 Å². The van der Waals surface area contributed by atoms with E-state index in [-0.39, 0.29) is 21.4 Å². The molecule has 0 aliphatic carbocycles. The Morgan fingerprint density at radius 2 is 1.61 bits per heavy atom. The molecule has 0 unspecified atom stereocenters. The van der Waals surface area contributed by atoms with E-state index in [0.29, 0.717) is 0 Å². The highest BCUT2D eigenvalue weighted by atomic mass is 35.5. The van der Waals surface area contributed by atoms with Gasteiger partial charge in [0.15, 0.2) is 0 Å². The SMILES string of the molecule is FC(F)(F)Sc1ccc2nc(C(F)(F)F)n(SC(F)(Cl)Cl)c2c1. The first kappa shape index (κ1) is 18.8. The van der Waals surface area contributed by atoms with E-state index in [0.717, 1.165) is 18.2 Å². The minimum absolute atomic E-state index is 0.218. The fourth-order valence-electron chi connectivity index (χ4n) is 1.61. The molecule has 0 saturated heterocycles. The lowest BCUT2D eigenvalue weighted by Gasteiger charge is -2.14. The van der Waals surface area contributed by atoms with Gasteiger partial charge in [-0.3, -0.25) is 3.97 Å². The van der Waals surface area contributed by atoms with Gasteiger partial charge in [0.05, 0.1) is 11.0 Å². The molecule has 128 valence electrons. The largest absolute Gasteiger partial charge is 0.450 e. The molecular weight excluding hydrogens is 416 g/mol. The van der Waals surface area contributed by atoms with Gasteiger partial charge >= 0.3 is 15.6 Å². The van der Waals surface area contributed by atoms with E-state index in [1.54, 1.807) is 0 Å². The maximum Gasteiger partial charge on any atom is 0.450 e. The molecule has 1 aromatic carbocycles. The molecule has 0 aliphatic heterocycles. The Morgan fingerprint density at radius 1 is 1.00 bits per heavy atom. The second-order valence-electron chi connectivity index (χ2n) is 3.96. The zero-order chi connectivity index (χ0) is 17.6. The summed E-state index contributed by atoms with van der Waals surface area (Å²) in [5.41, 5.74) is -5.32. The number of aromatic nitrogens is 2. The van der Waals surface area contributed by atoms with Crippen LogP contribution in [-0.4, -0.2) is 18.4 Å². The number of halogens is 9. The molecule has 23 heavy (non-hydrogen) atoms. The summed E-state index contributed by atoms with van der Waals surface area (Å²) in [6.45, 7) is 0. The second-order valence-corrected chi connectivity index (χ2v) is 7.89. The molecule has 0 amide bonds. The van der Waals surface area contributed by atoms with Crippen LogP contribution in [0.25, 0.3) is 11.0 Å². The van der Waals surface area contributed by atoms with Crippen LogP contribution in [0.5, 0.6) is 0 Å². The molecule has 0 radical (unpaired) electrons. The first-order valence-electron chi connectivity index (χ1n) is 5.38. The van der Waals surface area contributed by atoms with E-state index in [1.165, 1.54) is 0 Å². The molecule has 2 nitrogen and oxygen atoms in total. The fraction of sp³-hybridized carbons (Fsp3) is 0.300. The van der Waals surface area contributed by atoms with Crippen LogP contribution in [-0.2, 0) is 6.18 Å². The standard InChI is InChI=1S/C10H3Cl2F7N2S2/c11-9(12,16)23-21-6-3-4(22-10(17,18)19)1-2-5(6)20-7(21)8(13,14)15/h1-3H. The lowest BCUT2D eigenvalue weighted by atomic mass is 10.3. The molecule has 1 aromatic heterocycles. The average molecular weight is 419 g/mol. The van der Waals surface area contributed by atoms with Crippen molar-refractivity contribution in [2.45, 2.75) is 20.5 Å². The van der Waals surface area contributed by atoms with Crippen molar-refractivity contribution in [1.82, 2.24) is 8.96 Å². The summed E-state index contributed by atoms with van der Waals surface area (Å²) in [7, 11) is 0. The third-order valence-electron chi connectivity index (χ3n) is 2.27. The molecular formula is C10H3Cl2F7N2S2. The van der Waals surface area contributed by atoms with Crippen LogP contribution in [0.4, 0.5) is 30.7 Å². The van der Waals surface area contributed by atoms with E-state index < -0.39 is 43.6 Å². The summed E-state index contributed by atoms with van der Waals surface area (Å²) >= 11 is 9.30. The number of rotatable bonds is 3. The van der Waals surface area contributed by atoms with Crippen molar-refractivity contribution in [3.8, 4) is 0 Å². The van der Waals surface area contributed by atoms with Gasteiger partial charge < -0.3 is 0 Å². The van der Waals surface area contributed by atoms with Crippen LogP contribution in [0.15, 0.2) is 23.1 Å². The molecule has 0 N–H and O–H groups in total. The number of imidazole rings is 1. The third kappa shape index (κ3) is 4.97. The number of hydrogen-bond acceptors (Lipinski definition) is 3. The number of fused-ring (bicyclic) bond motifs is 1. The van der Waals surface area contributed by atoms with Crippen molar-refractivity contribution in [3.05, 3.63) is 24.0 Å². The Morgan fingerprint density at radius 3 is 2.09 bits per heavy atom. The van der Waals surface area contributed by atoms with Crippen LogP contribution >= 0.6 is 46.9 Å². The van der Waals surface area contributed by atoms with Gasteiger partial charge in [-0.15, -0.1) is 0 Å². The predicted molar refractivity (Wildman–Crippen MR) is 75.2 cm³/mol. The molecule has 0 fully saturated rings. The summed E-state index contributed by atoms with van der Waals surface area (Å²) < 4.78 is 86.3. The molecule has 0 atom stereocenters. The van der Waals surface area contributed by atoms with Gasteiger partial charge in [-0.05, 0) is 30.0 Å². The molecule has 0 saturated carbocycles. The number of thioether (sulfide) groups is 1. The van der Waals surface area contributed by atoms with Crippen molar-refractivity contribution in [2.24, 2.45) is 0 Å². The van der Waals surface area contributed by atoms with E-state index >= 15 is 0 Å². The summed E-state index contributed by atoms with van der Waals surface area (Å²) in [5.74, 6) is -1.55. The Labute approximate surface area is 142 Å². The van der Waals surface area contributed by atoms with Gasteiger partial charge in [-0.25, -0.2) is 4.98 Å². The first-order valence-corrected chi connectivity index (χ1v) is 7.72. The van der Waals surface area contributed by atoms with Gasteiger partial charge in [-0.1, -0.05) is 23.2 Å². The maximum atomic E-state index is 13.3. The van der Waals surface area contributed by atoms with Crippen molar-refractivity contribution < 1.29 is 30.7 Å². The quantitative estimate of drug-likeness (QED) is 0.334. The monoisotopic (exact) mass is 418 g/mol. The Kier molecular flexibility index (Phi) is 4.98. The maximum absolute atomic E-state index is 13.3. The van der Waals surface area contributed by atoms with Crippen molar-refractivity contribution in [2.75, 3.05) is 0 Å². The highest BCUT2D eigenvalue weighted by Gasteiger charge is 2.40. The molecule has 2 rings (SSSR count). The van der Waals surface area contributed by atoms with Crippen LogP contribution < -0.4 is 0 Å². The lowest BCUT2D eigenvalue weighted by molar-refractivity contribution is -0.144. The Hall–Kier alpha value is -0.520. The van der Waals surface area contributed by atoms with Gasteiger partial charge in [-0.2, -0.15) is 30.7 Å². The molecule has 0 spiro atoms. The molecule has 1 heterocycles. The van der Waals surface area contributed by atoms with Crippen LogP contribution in [0.2, 0.25) is 0 Å². The lowest BCUT2D eigenvalue weighted by Crippen LogP contribution is -2.14. The van der Waals surface area contributed by atoms with Crippen LogP contribution in [0.1, 0.15) is 5.82 Å². The summed E-state index contributed by atoms with van der Waals surface area (Å²) in [6.07, 6.45) is -4.98. The predicted octanol–water partition coefficient (Wildman–Crippen LogP) is 6.22. The molecule has 2 aromatic rings. The smallest absolute Gasteiger partial charge is 0.257 e. The van der Waals surface area contributed by atoms with Crippen LogP contribution in [0.3, 0.4) is 0 Å². The number of nitrogens with zero attached hydrogens (tertiary/aromatic N) is 2. The summed E-state index contributed by atoms with van der Waals surface area (Å²) in [5, 5.41) is 0. The minimum Gasteiger partial charge on any atom is -0.257 e. The van der Waals surface area contributed by atoms with Crippen LogP contribution in [0, 0.1) is 0 Å². The second kappa shape index (κ2) is 6.08. The van der Waals surface area contributed by atoms with E-state index in [4.69, 9.17) is 23.2 Å². The van der Waals surface area contributed by atoms with Crippen molar-refractivity contribution in [3.63, 3.8) is 0 Å². The summed E-state index contributed by atoms with van der Waals surface area (Å²) in [4.78, 5) is 2.85. The molecule has 0 bridgehead atoms. The van der Waals surface area contributed by atoms with Gasteiger partial charge in [0.1, 0.15) is 0 Å². The highest BCUT2D eigenvalue weighted by Crippen LogP contribution is 2.44. The normalized spacial score (nSPS) is 13.8. The van der Waals surface area contributed by atoms with E-state index in [2.05, 4.69) is 4.98 Å². The van der Waals surface area contributed by atoms with Gasteiger partial charge in [0.2, 0.25) is 5.82 Å². The summed E-state index contributed by atoms with van der Waals surface area (Å²) in [6, 6.07) is 2.70. The fourth-order valence-corrected chi connectivity index (χ4v) is 3.28. The molecule has 13 heteroatoms. The van der Waals surface area contributed by atoms with Crippen molar-refractivity contribution >= 4 is 57.9 Å². The van der Waals surface area contributed by atoms with Gasteiger partial charge in [0, 0.05) is 16.8 Å². The highest BCUT2D eigenvalue weighted by molar-refractivity contribution is 8.01. The first-order chi connectivity index (χ1) is 10.3. The topological polar surface area (TPSA) is 17.8 Å². The number of benzene rings is 1. The van der Waals surface area contributed by atoms with Crippen molar-refractivity contribution in [1.29, 1.82) is 0 Å². The Balaban J connectivity index is 2.62. The number of hydrogen-bond donors (Lipinski definition) is 0. The Bertz CT molecular complexity index is 721. The third-order valence-corrected chi connectivity index (χ3v) is 4.16. The zero-order valence-electron chi connectivity index (χ0n) is 10.3. The average Bonchev–Trinajstić information content (AvgIpc) is 2.63. The minimum atomic E-state index is -4.98. The number of alkyl halides is 9. The van der Waals surface area contributed by atoms with Gasteiger partial charge in [0.25, 0.3) is 0 Å². The molecule has 0 aliphatic rings. The zero-order valence-corrected chi connectivity index (χ0v) is 13.5.